The summed E-state index contributed by atoms with van der Waals surface area (Å²) in [7, 11) is 0. The highest BCUT2D eigenvalue weighted by molar-refractivity contribution is 6.19. The highest BCUT2D eigenvalue weighted by Gasteiger charge is 2.72. The second-order valence-electron chi connectivity index (χ2n) is 7.68. The van der Waals surface area contributed by atoms with Gasteiger partial charge < -0.3 is 10.6 Å². The first-order chi connectivity index (χ1) is 12.8. The molecule has 3 rings (SSSR count). The van der Waals surface area contributed by atoms with E-state index in [1.807, 2.05) is 52.0 Å². The predicted octanol–water partition coefficient (Wildman–Crippen LogP) is 2.04. The number of hydrazone groups is 1. The maximum absolute atomic E-state index is 12.6. The van der Waals surface area contributed by atoms with Crippen LogP contribution in [0.3, 0.4) is 0 Å². The van der Waals surface area contributed by atoms with Crippen LogP contribution in [0.4, 0.5) is 5.69 Å². The lowest BCUT2D eigenvalue weighted by molar-refractivity contribution is -0.127. The average molecular weight is 370 g/mol. The molecule has 1 aliphatic carbocycles. The molecule has 3 amide bonds. The first kappa shape index (κ1) is 19.1. The molecular weight excluding hydrogens is 344 g/mol. The Balaban J connectivity index is 1.95. The van der Waals surface area contributed by atoms with Gasteiger partial charge in [-0.05, 0) is 26.3 Å². The van der Waals surface area contributed by atoms with Crippen LogP contribution in [0.1, 0.15) is 46.1 Å². The Labute approximate surface area is 159 Å². The van der Waals surface area contributed by atoms with E-state index in [4.69, 9.17) is 0 Å². The molecule has 7 nitrogen and oxygen atoms in total. The summed E-state index contributed by atoms with van der Waals surface area (Å²) in [6, 6.07) is 7.35. The Kier molecular flexibility index (Phi) is 5.04. The Morgan fingerprint density at radius 3 is 2.67 bits per heavy atom. The maximum atomic E-state index is 12.6. The van der Waals surface area contributed by atoms with Crippen molar-refractivity contribution in [2.24, 2.45) is 22.4 Å². The first-order valence-electron chi connectivity index (χ1n) is 9.38. The van der Waals surface area contributed by atoms with Crippen molar-refractivity contribution < 1.29 is 14.4 Å². The molecule has 27 heavy (non-hydrogen) atoms. The van der Waals surface area contributed by atoms with Crippen molar-refractivity contribution in [2.45, 2.75) is 46.6 Å². The molecule has 2 aliphatic rings. The number of hydrogen-bond donors (Lipinski definition) is 3. The van der Waals surface area contributed by atoms with Gasteiger partial charge in [-0.3, -0.25) is 14.4 Å². The predicted molar refractivity (Wildman–Crippen MR) is 103 cm³/mol. The molecule has 0 spiro atoms. The Morgan fingerprint density at radius 2 is 2.00 bits per heavy atom. The standard InChI is InChI=1S/C20H26N4O3/c1-5-8-14(25)22-13-10-7-6-9-12(13)17-20(4)15(18(26)21-11(2)3)16(20)19(27)24-23-17/h6-7,9-11,15-16H,5,8H2,1-4H3,(H,21,26)(H,22,25)(H,24,27)/t15-,16+,20+/m0/s1. The molecule has 1 aromatic rings. The van der Waals surface area contributed by atoms with Crippen molar-refractivity contribution in [3.05, 3.63) is 29.8 Å². The molecule has 1 fully saturated rings. The molecule has 0 radical (unpaired) electrons. The van der Waals surface area contributed by atoms with Gasteiger partial charge in [0, 0.05) is 29.1 Å². The molecule has 0 saturated heterocycles. The van der Waals surface area contributed by atoms with E-state index in [0.29, 0.717) is 17.8 Å². The molecule has 3 atom stereocenters. The number of carbonyl (C=O) groups excluding carboxylic acids is 3. The van der Waals surface area contributed by atoms with Crippen LogP contribution in [0.5, 0.6) is 0 Å². The molecule has 0 unspecified atom stereocenters. The van der Waals surface area contributed by atoms with Gasteiger partial charge in [0.15, 0.2) is 0 Å². The minimum absolute atomic E-state index is 0.00665. The number of nitrogens with one attached hydrogen (secondary N) is 3. The Morgan fingerprint density at radius 1 is 1.30 bits per heavy atom. The quantitative estimate of drug-likeness (QED) is 0.714. The Hall–Kier alpha value is -2.70. The van der Waals surface area contributed by atoms with E-state index >= 15 is 0 Å². The van der Waals surface area contributed by atoms with E-state index in [0.717, 1.165) is 12.0 Å². The molecule has 0 bridgehead atoms. The summed E-state index contributed by atoms with van der Waals surface area (Å²) in [5.41, 5.74) is 3.86. The summed E-state index contributed by atoms with van der Waals surface area (Å²) in [6.07, 6.45) is 1.18. The summed E-state index contributed by atoms with van der Waals surface area (Å²) in [4.78, 5) is 37.0. The minimum Gasteiger partial charge on any atom is -0.354 e. The van der Waals surface area contributed by atoms with Crippen LogP contribution in [-0.2, 0) is 14.4 Å². The van der Waals surface area contributed by atoms with Gasteiger partial charge in [0.25, 0.3) is 0 Å². The zero-order valence-corrected chi connectivity index (χ0v) is 16.1. The number of hydrogen-bond acceptors (Lipinski definition) is 4. The largest absolute Gasteiger partial charge is 0.354 e. The van der Waals surface area contributed by atoms with Crippen molar-refractivity contribution >= 4 is 29.1 Å². The molecule has 1 aromatic carbocycles. The van der Waals surface area contributed by atoms with Crippen molar-refractivity contribution in [3.63, 3.8) is 0 Å². The fourth-order valence-electron chi connectivity index (χ4n) is 3.92. The number of rotatable bonds is 6. The average Bonchev–Trinajstić information content (AvgIpc) is 3.24. The minimum atomic E-state index is -0.688. The zero-order chi connectivity index (χ0) is 19.8. The van der Waals surface area contributed by atoms with Crippen LogP contribution < -0.4 is 16.1 Å². The second kappa shape index (κ2) is 7.13. The molecule has 7 heteroatoms. The smallest absolute Gasteiger partial charge is 0.245 e. The summed E-state index contributed by atoms with van der Waals surface area (Å²) in [5.74, 6) is -1.38. The number of anilines is 1. The topological polar surface area (TPSA) is 99.7 Å². The van der Waals surface area contributed by atoms with E-state index in [2.05, 4.69) is 21.2 Å². The van der Waals surface area contributed by atoms with Crippen LogP contribution in [0.15, 0.2) is 29.4 Å². The number of amides is 3. The Bertz CT molecular complexity index is 817. The van der Waals surface area contributed by atoms with E-state index in [1.165, 1.54) is 0 Å². The van der Waals surface area contributed by atoms with Crippen LogP contribution in [-0.4, -0.2) is 29.5 Å². The van der Waals surface area contributed by atoms with Crippen molar-refractivity contribution in [1.82, 2.24) is 10.7 Å². The number of carbonyl (C=O) groups is 3. The van der Waals surface area contributed by atoms with Gasteiger partial charge in [0.1, 0.15) is 0 Å². The van der Waals surface area contributed by atoms with Gasteiger partial charge in [-0.25, -0.2) is 5.43 Å². The van der Waals surface area contributed by atoms with Crippen LogP contribution in [0, 0.1) is 17.3 Å². The molecule has 1 aliphatic heterocycles. The number of benzene rings is 1. The third-order valence-electron chi connectivity index (χ3n) is 5.23. The first-order valence-corrected chi connectivity index (χ1v) is 9.38. The van der Waals surface area contributed by atoms with Crippen molar-refractivity contribution in [2.75, 3.05) is 5.32 Å². The highest BCUT2D eigenvalue weighted by Crippen LogP contribution is 2.62. The summed E-state index contributed by atoms with van der Waals surface area (Å²) < 4.78 is 0. The van der Waals surface area contributed by atoms with Gasteiger partial charge in [-0.1, -0.05) is 32.0 Å². The van der Waals surface area contributed by atoms with Crippen LogP contribution in [0.2, 0.25) is 0 Å². The van der Waals surface area contributed by atoms with Gasteiger partial charge >= 0.3 is 0 Å². The van der Waals surface area contributed by atoms with E-state index < -0.39 is 17.3 Å². The number of nitrogens with zero attached hydrogens (tertiary/aromatic N) is 1. The normalized spacial score (nSPS) is 26.0. The van der Waals surface area contributed by atoms with Gasteiger partial charge in [-0.2, -0.15) is 5.10 Å². The lowest BCUT2D eigenvalue weighted by Crippen LogP contribution is -2.35. The van der Waals surface area contributed by atoms with E-state index in [1.54, 1.807) is 0 Å². The van der Waals surface area contributed by atoms with Gasteiger partial charge in [-0.15, -0.1) is 0 Å². The third-order valence-corrected chi connectivity index (χ3v) is 5.23. The molecule has 1 heterocycles. The van der Waals surface area contributed by atoms with Crippen LogP contribution >= 0.6 is 0 Å². The summed E-state index contributed by atoms with van der Waals surface area (Å²) in [5, 5.41) is 10.1. The zero-order valence-electron chi connectivity index (χ0n) is 16.1. The molecule has 3 N–H and O–H groups in total. The van der Waals surface area contributed by atoms with Crippen LogP contribution in [0.25, 0.3) is 0 Å². The van der Waals surface area contributed by atoms with Gasteiger partial charge in [0.05, 0.1) is 17.5 Å². The second-order valence-corrected chi connectivity index (χ2v) is 7.68. The monoisotopic (exact) mass is 370 g/mol. The molecular formula is C20H26N4O3. The fourth-order valence-corrected chi connectivity index (χ4v) is 3.92. The fraction of sp³-hybridized carbons (Fsp3) is 0.500. The van der Waals surface area contributed by atoms with Crippen molar-refractivity contribution in [3.8, 4) is 0 Å². The SMILES string of the molecule is CCCC(=O)Nc1ccccc1C1=NNC(=O)[C@H]2[C@@H](C(=O)NC(C)C)[C@@]12C. The molecule has 1 saturated carbocycles. The van der Waals surface area contributed by atoms with E-state index in [-0.39, 0.29) is 23.8 Å². The molecule has 144 valence electrons. The summed E-state index contributed by atoms with van der Waals surface area (Å²) >= 11 is 0. The maximum Gasteiger partial charge on any atom is 0.245 e. The van der Waals surface area contributed by atoms with Gasteiger partial charge in [0.2, 0.25) is 17.7 Å². The van der Waals surface area contributed by atoms with E-state index in [9.17, 15) is 14.4 Å². The lowest BCUT2D eigenvalue weighted by atomic mass is 9.89. The number of para-hydroxylation sites is 1. The highest BCUT2D eigenvalue weighted by atomic mass is 16.2. The molecule has 0 aromatic heterocycles. The third kappa shape index (κ3) is 3.34. The number of fused-ring (bicyclic) bond motifs is 1. The van der Waals surface area contributed by atoms with Crippen molar-refractivity contribution in [1.29, 1.82) is 0 Å². The summed E-state index contributed by atoms with van der Waals surface area (Å²) in [6.45, 7) is 7.62. The lowest BCUT2D eigenvalue weighted by Gasteiger charge is -2.22.